The summed E-state index contributed by atoms with van der Waals surface area (Å²) < 4.78 is 55.6. The Bertz CT molecular complexity index is 1400. The van der Waals surface area contributed by atoms with E-state index in [9.17, 15) is 17.2 Å². The molecular weight excluding hydrogens is 470 g/mol. The van der Waals surface area contributed by atoms with Crippen LogP contribution in [-0.4, -0.2) is 19.6 Å². The molecule has 0 spiro atoms. The molecule has 1 heterocycles. The van der Waals surface area contributed by atoms with Crippen LogP contribution in [0, 0.1) is 34.4 Å². The number of sulfonamides is 1. The SMILES string of the molecule is CC(C)(C)CC#Cc1ccccc1CNc1cc(F)c(S(=O)(=O)Nc2cccc(F)n2)cc1C=N. The van der Waals surface area contributed by atoms with Crippen molar-refractivity contribution in [2.45, 2.75) is 38.6 Å². The first-order chi connectivity index (χ1) is 16.5. The minimum atomic E-state index is -4.41. The smallest absolute Gasteiger partial charge is 0.265 e. The largest absolute Gasteiger partial charge is 0.380 e. The molecule has 0 unspecified atom stereocenters. The Balaban J connectivity index is 1.84. The number of rotatable bonds is 7. The van der Waals surface area contributed by atoms with Crippen LogP contribution in [0.5, 0.6) is 0 Å². The lowest BCUT2D eigenvalue weighted by molar-refractivity contribution is 0.428. The van der Waals surface area contributed by atoms with Gasteiger partial charge in [0.25, 0.3) is 10.0 Å². The number of nitrogens with one attached hydrogen (secondary N) is 3. The molecule has 0 aliphatic carbocycles. The van der Waals surface area contributed by atoms with Gasteiger partial charge in [-0.2, -0.15) is 4.39 Å². The van der Waals surface area contributed by atoms with Crippen molar-refractivity contribution in [3.05, 3.63) is 83.1 Å². The van der Waals surface area contributed by atoms with Gasteiger partial charge < -0.3 is 10.7 Å². The van der Waals surface area contributed by atoms with E-state index in [-0.39, 0.29) is 29.0 Å². The third-order valence-corrected chi connectivity index (χ3v) is 6.20. The molecule has 0 aliphatic rings. The van der Waals surface area contributed by atoms with Gasteiger partial charge in [-0.3, -0.25) is 4.72 Å². The van der Waals surface area contributed by atoms with Crippen molar-refractivity contribution in [2.75, 3.05) is 10.0 Å². The van der Waals surface area contributed by atoms with Crippen LogP contribution in [0.2, 0.25) is 0 Å². The maximum Gasteiger partial charge on any atom is 0.265 e. The number of pyridine rings is 1. The fourth-order valence-electron chi connectivity index (χ4n) is 3.10. The van der Waals surface area contributed by atoms with Crippen LogP contribution in [0.15, 0.2) is 59.5 Å². The highest BCUT2D eigenvalue weighted by Crippen LogP contribution is 2.25. The van der Waals surface area contributed by atoms with E-state index in [0.717, 1.165) is 42.0 Å². The van der Waals surface area contributed by atoms with Gasteiger partial charge in [-0.05, 0) is 41.3 Å². The van der Waals surface area contributed by atoms with Crippen molar-refractivity contribution in [3.8, 4) is 11.8 Å². The number of benzene rings is 2. The first-order valence-electron chi connectivity index (χ1n) is 10.8. The first-order valence-corrected chi connectivity index (χ1v) is 12.3. The van der Waals surface area contributed by atoms with Crippen molar-refractivity contribution in [3.63, 3.8) is 0 Å². The molecule has 182 valence electrons. The number of nitrogens with zero attached hydrogens (tertiary/aromatic N) is 1. The monoisotopic (exact) mass is 496 g/mol. The van der Waals surface area contributed by atoms with Gasteiger partial charge in [0.2, 0.25) is 5.95 Å². The summed E-state index contributed by atoms with van der Waals surface area (Å²) in [6.45, 7) is 6.61. The Hall–Kier alpha value is -3.77. The molecule has 2 aromatic carbocycles. The molecule has 9 heteroatoms. The van der Waals surface area contributed by atoms with Gasteiger partial charge in [0.05, 0.1) is 0 Å². The van der Waals surface area contributed by atoms with Gasteiger partial charge in [0.1, 0.15) is 16.5 Å². The maximum atomic E-state index is 14.9. The van der Waals surface area contributed by atoms with Crippen LogP contribution in [0.1, 0.15) is 43.9 Å². The molecule has 0 aliphatic heterocycles. The minimum absolute atomic E-state index is 0.0816. The third-order valence-electron chi connectivity index (χ3n) is 4.83. The van der Waals surface area contributed by atoms with Crippen LogP contribution < -0.4 is 10.0 Å². The highest BCUT2D eigenvalue weighted by atomic mass is 32.2. The second-order valence-corrected chi connectivity index (χ2v) is 10.7. The molecule has 35 heavy (non-hydrogen) atoms. The van der Waals surface area contributed by atoms with Crippen molar-refractivity contribution >= 4 is 27.7 Å². The van der Waals surface area contributed by atoms with E-state index in [1.165, 1.54) is 12.1 Å². The summed E-state index contributed by atoms with van der Waals surface area (Å²) in [6, 6.07) is 13.2. The number of aromatic nitrogens is 1. The highest BCUT2D eigenvalue weighted by molar-refractivity contribution is 7.92. The van der Waals surface area contributed by atoms with E-state index in [1.807, 2.05) is 24.3 Å². The van der Waals surface area contributed by atoms with E-state index in [4.69, 9.17) is 5.41 Å². The van der Waals surface area contributed by atoms with Gasteiger partial charge in [0, 0.05) is 36.0 Å². The molecule has 0 fully saturated rings. The molecule has 3 N–H and O–H groups in total. The van der Waals surface area contributed by atoms with E-state index in [0.29, 0.717) is 0 Å². The fourth-order valence-corrected chi connectivity index (χ4v) is 4.19. The van der Waals surface area contributed by atoms with Crippen molar-refractivity contribution in [2.24, 2.45) is 5.41 Å². The molecule has 0 saturated carbocycles. The quantitative estimate of drug-likeness (QED) is 0.227. The number of halogens is 2. The summed E-state index contributed by atoms with van der Waals surface area (Å²) in [5.74, 6) is 4.16. The fraction of sp³-hybridized carbons (Fsp3) is 0.231. The van der Waals surface area contributed by atoms with Gasteiger partial charge in [-0.15, -0.1) is 0 Å². The van der Waals surface area contributed by atoms with Crippen LogP contribution in [0.25, 0.3) is 0 Å². The number of anilines is 2. The topological polar surface area (TPSA) is 94.9 Å². The standard InChI is InChI=1S/C26H26F2N4O2S/c1-26(2,3)13-7-10-18-8-4-5-9-19(18)17-30-22-15-21(27)23(14-20(22)16-29)35(33,34)32-25-12-6-11-24(28)31-25/h4-6,8-9,11-12,14-16,29-30H,13,17H2,1-3H3,(H,31,32). The predicted molar refractivity (Wildman–Crippen MR) is 134 cm³/mol. The lowest BCUT2D eigenvalue weighted by atomic mass is 9.92. The molecule has 0 amide bonds. The van der Waals surface area contributed by atoms with E-state index >= 15 is 0 Å². The molecule has 0 saturated heterocycles. The third kappa shape index (κ3) is 7.11. The Kier molecular flexibility index (Phi) is 7.87. The van der Waals surface area contributed by atoms with Crippen LogP contribution in [0.3, 0.4) is 0 Å². The predicted octanol–water partition coefficient (Wildman–Crippen LogP) is 5.56. The average molecular weight is 497 g/mol. The Morgan fingerprint density at radius 3 is 2.51 bits per heavy atom. The molecule has 0 bridgehead atoms. The zero-order valence-corrected chi connectivity index (χ0v) is 20.4. The Labute approximate surface area is 204 Å². The van der Waals surface area contributed by atoms with E-state index in [2.05, 4.69) is 47.6 Å². The molecule has 3 rings (SSSR count). The normalized spacial score (nSPS) is 11.3. The van der Waals surface area contributed by atoms with Crippen molar-refractivity contribution in [1.82, 2.24) is 4.98 Å². The molecule has 3 aromatic rings. The average Bonchev–Trinajstić information content (AvgIpc) is 2.77. The van der Waals surface area contributed by atoms with Crippen molar-refractivity contribution < 1.29 is 17.2 Å². The second-order valence-electron chi connectivity index (χ2n) is 9.02. The zero-order chi connectivity index (χ0) is 25.6. The lowest BCUT2D eigenvalue weighted by Gasteiger charge is -2.14. The zero-order valence-electron chi connectivity index (χ0n) is 19.6. The molecular formula is C26H26F2N4O2S. The van der Waals surface area contributed by atoms with Gasteiger partial charge in [0.15, 0.2) is 0 Å². The Morgan fingerprint density at radius 2 is 1.83 bits per heavy atom. The molecule has 6 nitrogen and oxygen atoms in total. The van der Waals surface area contributed by atoms with Gasteiger partial charge in [-0.25, -0.2) is 17.8 Å². The van der Waals surface area contributed by atoms with Gasteiger partial charge in [-0.1, -0.05) is 56.9 Å². The first kappa shape index (κ1) is 25.8. The second kappa shape index (κ2) is 10.7. The molecule has 1 aromatic heterocycles. The van der Waals surface area contributed by atoms with Gasteiger partial charge >= 0.3 is 0 Å². The molecule has 0 atom stereocenters. The summed E-state index contributed by atoms with van der Waals surface area (Å²) in [7, 11) is -4.41. The summed E-state index contributed by atoms with van der Waals surface area (Å²) in [4.78, 5) is 2.75. The van der Waals surface area contributed by atoms with Crippen molar-refractivity contribution in [1.29, 1.82) is 5.41 Å². The van der Waals surface area contributed by atoms with E-state index < -0.39 is 26.7 Å². The Morgan fingerprint density at radius 1 is 1.09 bits per heavy atom. The number of hydrogen-bond donors (Lipinski definition) is 3. The minimum Gasteiger partial charge on any atom is -0.380 e. The summed E-state index contributed by atoms with van der Waals surface area (Å²) in [5.41, 5.74) is 2.19. The maximum absolute atomic E-state index is 14.9. The highest BCUT2D eigenvalue weighted by Gasteiger charge is 2.22. The lowest BCUT2D eigenvalue weighted by Crippen LogP contribution is -2.17. The van der Waals surface area contributed by atoms with E-state index in [1.54, 1.807) is 0 Å². The number of hydrogen-bond acceptors (Lipinski definition) is 5. The summed E-state index contributed by atoms with van der Waals surface area (Å²) >= 11 is 0. The van der Waals surface area contributed by atoms with Crippen LogP contribution in [0.4, 0.5) is 20.3 Å². The summed E-state index contributed by atoms with van der Waals surface area (Å²) in [5, 5.41) is 10.8. The molecule has 0 radical (unpaired) electrons. The van der Waals surface area contributed by atoms with Crippen LogP contribution in [-0.2, 0) is 16.6 Å². The summed E-state index contributed by atoms with van der Waals surface area (Å²) in [6.07, 6.45) is 1.66. The van der Waals surface area contributed by atoms with Crippen LogP contribution >= 0.6 is 0 Å².